The third kappa shape index (κ3) is 5.16. The molecule has 0 aromatic heterocycles. The molecule has 0 atom stereocenters. The van der Waals surface area contributed by atoms with E-state index in [0.717, 1.165) is 21.0 Å². The van der Waals surface area contributed by atoms with Crippen LogP contribution in [-0.4, -0.2) is 33.4 Å². The van der Waals surface area contributed by atoms with Gasteiger partial charge in [0.15, 0.2) is 5.75 Å². The Hall–Kier alpha value is -3.96. The quantitative estimate of drug-likeness (QED) is 0.268. The summed E-state index contributed by atoms with van der Waals surface area (Å²) in [4.78, 5) is 38.9. The minimum absolute atomic E-state index is 0.0759. The van der Waals surface area contributed by atoms with E-state index in [1.54, 1.807) is 24.3 Å². The molecule has 1 fully saturated rings. The highest BCUT2D eigenvalue weighted by Gasteiger charge is 2.37. The maximum absolute atomic E-state index is 13.2. The van der Waals surface area contributed by atoms with E-state index in [4.69, 9.17) is 8.92 Å². The number of anilines is 1. The topological polar surface area (TPSA) is 119 Å². The van der Waals surface area contributed by atoms with Crippen LogP contribution >= 0.6 is 15.9 Å². The number of carbonyl (C=O) groups is 3. The summed E-state index contributed by atoms with van der Waals surface area (Å²) in [6.45, 7) is 1.82. The van der Waals surface area contributed by atoms with E-state index in [1.165, 1.54) is 49.6 Å². The molecular weight excluding hydrogens is 552 g/mol. The number of methoxy groups -OCH3 is 1. The van der Waals surface area contributed by atoms with Crippen LogP contribution in [0.15, 0.2) is 81.7 Å². The number of hydrogen-bond donors (Lipinski definition) is 1. The highest BCUT2D eigenvalue weighted by atomic mass is 79.9. The van der Waals surface area contributed by atoms with E-state index in [9.17, 15) is 22.8 Å². The molecule has 9 nitrogen and oxygen atoms in total. The number of barbiturate groups is 1. The largest absolute Gasteiger partial charge is 0.497 e. The van der Waals surface area contributed by atoms with E-state index >= 15 is 0 Å². The van der Waals surface area contributed by atoms with Crippen molar-refractivity contribution in [3.05, 3.63) is 87.9 Å². The molecule has 36 heavy (non-hydrogen) atoms. The maximum Gasteiger partial charge on any atom is 0.339 e. The third-order valence-corrected chi connectivity index (χ3v) is 6.99. The fraction of sp³-hybridized carbons (Fsp3) is 0.0800. The second-order valence-electron chi connectivity index (χ2n) is 7.69. The first-order valence-electron chi connectivity index (χ1n) is 10.5. The zero-order valence-electron chi connectivity index (χ0n) is 19.0. The molecule has 0 aliphatic carbocycles. The molecule has 4 rings (SSSR count). The predicted octanol–water partition coefficient (Wildman–Crippen LogP) is 4.20. The lowest BCUT2D eigenvalue weighted by Gasteiger charge is -2.26. The van der Waals surface area contributed by atoms with Gasteiger partial charge in [-0.2, -0.15) is 8.42 Å². The minimum Gasteiger partial charge on any atom is -0.497 e. The number of nitrogens with one attached hydrogen (secondary N) is 1. The number of halogens is 1. The predicted molar refractivity (Wildman–Crippen MR) is 135 cm³/mol. The number of benzene rings is 3. The molecule has 1 heterocycles. The zero-order valence-corrected chi connectivity index (χ0v) is 21.4. The van der Waals surface area contributed by atoms with Crippen molar-refractivity contribution in [2.75, 3.05) is 12.0 Å². The van der Waals surface area contributed by atoms with E-state index in [1.807, 2.05) is 6.92 Å². The molecule has 0 unspecified atom stereocenters. The first kappa shape index (κ1) is 25.1. The van der Waals surface area contributed by atoms with Crippen LogP contribution < -0.4 is 19.1 Å². The summed E-state index contributed by atoms with van der Waals surface area (Å²) < 4.78 is 37.1. The Morgan fingerprint density at radius 1 is 0.944 bits per heavy atom. The molecule has 3 aromatic carbocycles. The first-order valence-corrected chi connectivity index (χ1v) is 12.7. The number of ether oxygens (including phenoxy) is 1. The molecule has 11 heteroatoms. The smallest absolute Gasteiger partial charge is 0.339 e. The van der Waals surface area contributed by atoms with Crippen LogP contribution in [0.1, 0.15) is 11.1 Å². The van der Waals surface area contributed by atoms with Crippen LogP contribution in [-0.2, 0) is 19.7 Å². The molecule has 1 aliphatic heterocycles. The summed E-state index contributed by atoms with van der Waals surface area (Å²) in [6.07, 6.45) is 1.16. The van der Waals surface area contributed by atoms with Gasteiger partial charge >= 0.3 is 16.1 Å². The third-order valence-electron chi connectivity index (χ3n) is 5.22. The fourth-order valence-electron chi connectivity index (χ4n) is 3.34. The summed E-state index contributed by atoms with van der Waals surface area (Å²) in [5.74, 6) is -1.69. The Morgan fingerprint density at radius 2 is 1.61 bits per heavy atom. The van der Waals surface area contributed by atoms with Crippen molar-refractivity contribution in [1.82, 2.24) is 5.32 Å². The molecule has 0 spiro atoms. The molecule has 0 saturated carbocycles. The lowest BCUT2D eigenvalue weighted by molar-refractivity contribution is -0.122. The van der Waals surface area contributed by atoms with Crippen molar-refractivity contribution in [2.45, 2.75) is 11.8 Å². The van der Waals surface area contributed by atoms with Crippen LogP contribution in [0.25, 0.3) is 6.08 Å². The Labute approximate surface area is 215 Å². The van der Waals surface area contributed by atoms with E-state index in [0.29, 0.717) is 0 Å². The Kier molecular flexibility index (Phi) is 6.95. The number of amides is 4. The number of hydrogen-bond acceptors (Lipinski definition) is 7. The zero-order chi connectivity index (χ0) is 26.0. The fourth-order valence-corrected chi connectivity index (χ4v) is 4.55. The Morgan fingerprint density at radius 3 is 2.25 bits per heavy atom. The van der Waals surface area contributed by atoms with Gasteiger partial charge in [0.05, 0.1) is 12.8 Å². The summed E-state index contributed by atoms with van der Waals surface area (Å²) in [7, 11) is -2.86. The summed E-state index contributed by atoms with van der Waals surface area (Å²) >= 11 is 3.29. The molecule has 1 aliphatic rings. The van der Waals surface area contributed by atoms with Gasteiger partial charge in [0.25, 0.3) is 11.8 Å². The highest BCUT2D eigenvalue weighted by molar-refractivity contribution is 9.10. The van der Waals surface area contributed by atoms with Gasteiger partial charge in [-0.05, 0) is 61.5 Å². The van der Waals surface area contributed by atoms with Crippen LogP contribution in [0.2, 0.25) is 0 Å². The van der Waals surface area contributed by atoms with Crippen LogP contribution in [0.4, 0.5) is 10.5 Å². The second-order valence-corrected chi connectivity index (χ2v) is 10.2. The molecule has 3 aromatic rings. The molecule has 0 bridgehead atoms. The summed E-state index contributed by atoms with van der Waals surface area (Å²) in [5.41, 5.74) is 0.829. The van der Waals surface area contributed by atoms with Crippen molar-refractivity contribution in [1.29, 1.82) is 0 Å². The van der Waals surface area contributed by atoms with Crippen molar-refractivity contribution < 1.29 is 31.7 Å². The average Bonchev–Trinajstić information content (AvgIpc) is 2.83. The summed E-state index contributed by atoms with van der Waals surface area (Å²) in [6, 6.07) is 15.8. The van der Waals surface area contributed by atoms with Gasteiger partial charge in [-0.25, -0.2) is 9.69 Å². The van der Waals surface area contributed by atoms with Crippen LogP contribution in [0.3, 0.4) is 0 Å². The van der Waals surface area contributed by atoms with Gasteiger partial charge < -0.3 is 8.92 Å². The van der Waals surface area contributed by atoms with Crippen LogP contribution in [0, 0.1) is 6.92 Å². The normalized spacial score (nSPS) is 15.1. The molecule has 4 amide bonds. The number of carbonyl (C=O) groups excluding carboxylic acids is 3. The van der Waals surface area contributed by atoms with Gasteiger partial charge in [0.1, 0.15) is 16.2 Å². The second kappa shape index (κ2) is 9.96. The lowest BCUT2D eigenvalue weighted by atomic mass is 10.1. The SMILES string of the molecule is COc1ccc(/C=C2\C(=O)NC(=O)N(c3ccc(Br)cc3)C2=O)c(OS(=O)(=O)c2ccc(C)cc2)c1. The van der Waals surface area contributed by atoms with Crippen molar-refractivity contribution in [3.8, 4) is 11.5 Å². The van der Waals surface area contributed by atoms with Crippen molar-refractivity contribution in [3.63, 3.8) is 0 Å². The van der Waals surface area contributed by atoms with Crippen molar-refractivity contribution >= 4 is 55.7 Å². The highest BCUT2D eigenvalue weighted by Crippen LogP contribution is 2.31. The molecule has 1 saturated heterocycles. The number of rotatable bonds is 6. The van der Waals surface area contributed by atoms with Gasteiger partial charge in [-0.15, -0.1) is 0 Å². The monoisotopic (exact) mass is 570 g/mol. The van der Waals surface area contributed by atoms with Gasteiger partial charge in [-0.1, -0.05) is 33.6 Å². The lowest BCUT2D eigenvalue weighted by Crippen LogP contribution is -2.54. The van der Waals surface area contributed by atoms with Gasteiger partial charge in [0, 0.05) is 16.1 Å². The first-order chi connectivity index (χ1) is 17.1. The summed E-state index contributed by atoms with van der Waals surface area (Å²) in [5, 5.41) is 2.13. The number of nitrogens with zero attached hydrogens (tertiary/aromatic N) is 1. The number of imide groups is 2. The molecular formula is C25H19BrN2O7S. The van der Waals surface area contributed by atoms with Gasteiger partial charge in [-0.3, -0.25) is 14.9 Å². The standard InChI is InChI=1S/C25H19BrN2O7S/c1-15-3-11-20(12-4-15)36(32,33)35-22-14-19(34-2)10-5-16(22)13-21-23(29)27-25(31)28(24(21)30)18-8-6-17(26)7-9-18/h3-14H,1-2H3,(H,27,29,31)/b21-13+. The van der Waals surface area contributed by atoms with E-state index in [-0.39, 0.29) is 33.2 Å². The van der Waals surface area contributed by atoms with Gasteiger partial charge in [0.2, 0.25) is 0 Å². The molecule has 184 valence electrons. The number of urea groups is 1. The maximum atomic E-state index is 13.2. The Balaban J connectivity index is 1.75. The number of aryl methyl sites for hydroxylation is 1. The van der Waals surface area contributed by atoms with Crippen LogP contribution in [0.5, 0.6) is 11.5 Å². The van der Waals surface area contributed by atoms with E-state index < -0.39 is 28.0 Å². The van der Waals surface area contributed by atoms with E-state index in [2.05, 4.69) is 21.2 Å². The Bertz CT molecular complexity index is 1500. The minimum atomic E-state index is -4.25. The van der Waals surface area contributed by atoms with Crippen molar-refractivity contribution in [2.24, 2.45) is 0 Å². The molecule has 0 radical (unpaired) electrons. The average molecular weight is 571 g/mol. The molecule has 1 N–H and O–H groups in total.